The third-order valence-electron chi connectivity index (χ3n) is 6.04. The Morgan fingerprint density at radius 3 is 2.53 bits per heavy atom. The van der Waals surface area contributed by atoms with Crippen LogP contribution >= 0.6 is 0 Å². The monoisotopic (exact) mass is 432 g/mol. The Morgan fingerprint density at radius 1 is 1.06 bits per heavy atom. The van der Waals surface area contributed by atoms with E-state index < -0.39 is 6.04 Å². The normalized spacial score (nSPS) is 15.8. The summed E-state index contributed by atoms with van der Waals surface area (Å²) in [4.78, 5) is 26.2. The highest BCUT2D eigenvalue weighted by Gasteiger charge is 2.32. The van der Waals surface area contributed by atoms with E-state index in [1.165, 1.54) is 12.1 Å². The van der Waals surface area contributed by atoms with Crippen molar-refractivity contribution in [3.05, 3.63) is 82.9 Å². The smallest absolute Gasteiger partial charge is 0.272 e. The van der Waals surface area contributed by atoms with E-state index in [1.807, 2.05) is 30.3 Å². The molecule has 2 aliphatic rings. The van der Waals surface area contributed by atoms with E-state index in [2.05, 4.69) is 15.7 Å². The number of benzene rings is 2. The Labute approximate surface area is 185 Å². The first-order chi connectivity index (χ1) is 15.6. The maximum atomic E-state index is 13.4. The second-order valence-corrected chi connectivity index (χ2v) is 8.51. The van der Waals surface area contributed by atoms with Crippen molar-refractivity contribution < 1.29 is 14.0 Å². The van der Waals surface area contributed by atoms with Gasteiger partial charge in [0.2, 0.25) is 5.91 Å². The van der Waals surface area contributed by atoms with Crippen molar-refractivity contribution in [2.45, 2.75) is 50.6 Å². The predicted octanol–water partition coefficient (Wildman–Crippen LogP) is 3.12. The van der Waals surface area contributed by atoms with Crippen molar-refractivity contribution in [2.75, 3.05) is 0 Å². The molecule has 2 amide bonds. The molecule has 2 aromatic carbocycles. The molecule has 1 heterocycles. The van der Waals surface area contributed by atoms with Gasteiger partial charge in [-0.2, -0.15) is 5.10 Å². The molecule has 0 aliphatic heterocycles. The minimum atomic E-state index is -0.682. The quantitative estimate of drug-likeness (QED) is 0.602. The van der Waals surface area contributed by atoms with Gasteiger partial charge in [-0.1, -0.05) is 30.3 Å². The van der Waals surface area contributed by atoms with E-state index in [0.717, 1.165) is 54.6 Å². The number of rotatable bonds is 7. The van der Waals surface area contributed by atoms with Gasteiger partial charge in [-0.15, -0.1) is 0 Å². The molecule has 0 bridgehead atoms. The number of nitrogens with zero attached hydrogens (tertiary/aromatic N) is 2. The molecule has 0 saturated heterocycles. The molecular formula is C25H25FN4O2. The average molecular weight is 432 g/mol. The van der Waals surface area contributed by atoms with E-state index in [-0.39, 0.29) is 23.7 Å². The van der Waals surface area contributed by atoms with Crippen molar-refractivity contribution in [2.24, 2.45) is 0 Å². The van der Waals surface area contributed by atoms with E-state index in [4.69, 9.17) is 0 Å². The molecule has 164 valence electrons. The zero-order valence-corrected chi connectivity index (χ0v) is 17.7. The summed E-state index contributed by atoms with van der Waals surface area (Å²) >= 11 is 0. The predicted molar refractivity (Wildman–Crippen MR) is 118 cm³/mol. The fraction of sp³-hybridized carbons (Fsp3) is 0.320. The Bertz CT molecular complexity index is 1140. The standard InChI is InChI=1S/C25H25FN4O2/c26-17-9-13-19(14-10-17)30-22-8-4-7-20(22)23(29-30)25(32)28-21(24(31)27-18-11-12-18)15-16-5-2-1-3-6-16/h1-3,5-6,9-10,13-14,18,21H,4,7-8,11-12,15H2,(H,27,31)(H,28,32). The third kappa shape index (κ3) is 4.28. The molecule has 1 saturated carbocycles. The zero-order valence-electron chi connectivity index (χ0n) is 17.7. The molecule has 1 aromatic heterocycles. The number of carbonyl (C=O) groups excluding carboxylic acids is 2. The van der Waals surface area contributed by atoms with Gasteiger partial charge in [0.15, 0.2) is 5.69 Å². The van der Waals surface area contributed by atoms with Crippen LogP contribution in [0, 0.1) is 5.82 Å². The summed E-state index contributed by atoms with van der Waals surface area (Å²) in [5.74, 6) is -0.837. The highest BCUT2D eigenvalue weighted by Crippen LogP contribution is 2.28. The van der Waals surface area contributed by atoms with Crippen LogP contribution in [0.3, 0.4) is 0 Å². The van der Waals surface area contributed by atoms with Gasteiger partial charge >= 0.3 is 0 Å². The van der Waals surface area contributed by atoms with Gasteiger partial charge in [0.1, 0.15) is 11.9 Å². The highest BCUT2D eigenvalue weighted by molar-refractivity contribution is 5.97. The van der Waals surface area contributed by atoms with Gasteiger partial charge < -0.3 is 10.6 Å². The minimum absolute atomic E-state index is 0.167. The molecule has 1 fully saturated rings. The van der Waals surface area contributed by atoms with E-state index >= 15 is 0 Å². The minimum Gasteiger partial charge on any atom is -0.352 e. The molecule has 1 atom stereocenters. The number of hydrogen-bond donors (Lipinski definition) is 2. The molecule has 2 N–H and O–H groups in total. The van der Waals surface area contributed by atoms with Crippen LogP contribution in [-0.4, -0.2) is 33.7 Å². The summed E-state index contributed by atoms with van der Waals surface area (Å²) in [6, 6.07) is 15.3. The molecule has 3 aromatic rings. The van der Waals surface area contributed by atoms with E-state index in [1.54, 1.807) is 16.8 Å². The highest BCUT2D eigenvalue weighted by atomic mass is 19.1. The number of amides is 2. The van der Waals surface area contributed by atoms with Gasteiger partial charge in [0.25, 0.3) is 5.91 Å². The fourth-order valence-corrected chi connectivity index (χ4v) is 4.23. The van der Waals surface area contributed by atoms with Crippen LogP contribution in [0.1, 0.15) is 46.6 Å². The Kier molecular flexibility index (Phi) is 5.47. The first-order valence-corrected chi connectivity index (χ1v) is 11.1. The van der Waals surface area contributed by atoms with Gasteiger partial charge in [-0.3, -0.25) is 9.59 Å². The van der Waals surface area contributed by atoms with E-state index in [0.29, 0.717) is 12.1 Å². The summed E-state index contributed by atoms with van der Waals surface area (Å²) < 4.78 is 15.1. The molecule has 0 spiro atoms. The Balaban J connectivity index is 1.41. The van der Waals surface area contributed by atoms with Crippen LogP contribution in [0.15, 0.2) is 54.6 Å². The largest absolute Gasteiger partial charge is 0.352 e. The van der Waals surface area contributed by atoms with Crippen LogP contribution in [0.25, 0.3) is 5.69 Å². The molecule has 6 nitrogen and oxygen atoms in total. The molecule has 1 unspecified atom stereocenters. The summed E-state index contributed by atoms with van der Waals surface area (Å²) in [7, 11) is 0. The first-order valence-electron chi connectivity index (χ1n) is 11.1. The molecule has 32 heavy (non-hydrogen) atoms. The van der Waals surface area contributed by atoms with Crippen LogP contribution in [0.5, 0.6) is 0 Å². The SMILES string of the molecule is O=C(NC(Cc1ccccc1)C(=O)NC1CC1)c1nn(-c2ccc(F)cc2)c2c1CCC2. The van der Waals surface area contributed by atoms with Gasteiger partial charge in [-0.25, -0.2) is 9.07 Å². The number of nitrogens with one attached hydrogen (secondary N) is 2. The Hall–Kier alpha value is -3.48. The number of aromatic nitrogens is 2. The topological polar surface area (TPSA) is 76.0 Å². The number of halogens is 1. The second-order valence-electron chi connectivity index (χ2n) is 8.51. The summed E-state index contributed by atoms with van der Waals surface area (Å²) in [5.41, 5.74) is 3.93. The Morgan fingerprint density at radius 2 is 1.81 bits per heavy atom. The lowest BCUT2D eigenvalue weighted by Gasteiger charge is -2.18. The van der Waals surface area contributed by atoms with Crippen LogP contribution in [-0.2, 0) is 24.1 Å². The zero-order chi connectivity index (χ0) is 22.1. The first kappa shape index (κ1) is 20.4. The summed E-state index contributed by atoms with van der Waals surface area (Å²) in [5, 5.41) is 10.5. The van der Waals surface area contributed by atoms with Gasteiger partial charge in [-0.05, 0) is 61.9 Å². The lowest BCUT2D eigenvalue weighted by molar-refractivity contribution is -0.123. The molecule has 0 radical (unpaired) electrons. The summed E-state index contributed by atoms with van der Waals surface area (Å²) in [6.45, 7) is 0. The van der Waals surface area contributed by atoms with Crippen LogP contribution in [0.2, 0.25) is 0 Å². The lowest BCUT2D eigenvalue weighted by Crippen LogP contribution is -2.48. The maximum Gasteiger partial charge on any atom is 0.272 e. The average Bonchev–Trinajstić information content (AvgIpc) is 3.35. The number of carbonyl (C=O) groups is 2. The van der Waals surface area contributed by atoms with Crippen molar-refractivity contribution in [3.8, 4) is 5.69 Å². The summed E-state index contributed by atoms with van der Waals surface area (Å²) in [6.07, 6.45) is 4.87. The number of hydrogen-bond acceptors (Lipinski definition) is 3. The van der Waals surface area contributed by atoms with E-state index in [9.17, 15) is 14.0 Å². The van der Waals surface area contributed by atoms with Crippen molar-refractivity contribution in [1.29, 1.82) is 0 Å². The van der Waals surface area contributed by atoms with Crippen molar-refractivity contribution >= 4 is 11.8 Å². The number of fused-ring (bicyclic) bond motifs is 1. The second kappa shape index (κ2) is 8.57. The molecular weight excluding hydrogens is 407 g/mol. The van der Waals surface area contributed by atoms with Crippen LogP contribution < -0.4 is 10.6 Å². The molecule has 7 heteroatoms. The molecule has 5 rings (SSSR count). The van der Waals surface area contributed by atoms with Gasteiger partial charge in [0.05, 0.1) is 5.69 Å². The fourth-order valence-electron chi connectivity index (χ4n) is 4.23. The third-order valence-corrected chi connectivity index (χ3v) is 6.04. The van der Waals surface area contributed by atoms with Gasteiger partial charge in [0, 0.05) is 23.7 Å². The van der Waals surface area contributed by atoms with Crippen molar-refractivity contribution in [1.82, 2.24) is 20.4 Å². The molecule has 2 aliphatic carbocycles. The van der Waals surface area contributed by atoms with Crippen LogP contribution in [0.4, 0.5) is 4.39 Å². The maximum absolute atomic E-state index is 13.4. The lowest BCUT2D eigenvalue weighted by atomic mass is 10.0. The van der Waals surface area contributed by atoms with Crippen molar-refractivity contribution in [3.63, 3.8) is 0 Å².